The summed E-state index contributed by atoms with van der Waals surface area (Å²) < 4.78 is 10.7. The van der Waals surface area contributed by atoms with Gasteiger partial charge in [0.1, 0.15) is 22.9 Å². The molecular formula is C25H27N5O3. The summed E-state index contributed by atoms with van der Waals surface area (Å²) in [5.41, 5.74) is 13.4. The maximum absolute atomic E-state index is 12.4. The van der Waals surface area contributed by atoms with Crippen molar-refractivity contribution in [3.63, 3.8) is 0 Å². The molecule has 1 aliphatic carbocycles. The molecule has 0 aliphatic heterocycles. The van der Waals surface area contributed by atoms with Crippen molar-refractivity contribution in [2.24, 2.45) is 16.1 Å². The first kappa shape index (κ1) is 22.3. The summed E-state index contributed by atoms with van der Waals surface area (Å²) in [6.45, 7) is 2.31. The number of carbonyl (C=O) groups is 1. The Morgan fingerprint density at radius 2 is 1.58 bits per heavy atom. The maximum Gasteiger partial charge on any atom is 0.519 e. The van der Waals surface area contributed by atoms with Gasteiger partial charge in [0.15, 0.2) is 11.6 Å². The summed E-state index contributed by atoms with van der Waals surface area (Å²) >= 11 is 0. The molecule has 1 heterocycles. The molecule has 8 nitrogen and oxygen atoms in total. The van der Waals surface area contributed by atoms with Crippen molar-refractivity contribution in [2.45, 2.75) is 38.5 Å². The van der Waals surface area contributed by atoms with E-state index in [0.717, 1.165) is 5.92 Å². The number of anilines is 2. The first-order chi connectivity index (χ1) is 16.0. The van der Waals surface area contributed by atoms with Gasteiger partial charge < -0.3 is 20.9 Å². The highest BCUT2D eigenvalue weighted by molar-refractivity contribution is 5.70. The van der Waals surface area contributed by atoms with Crippen LogP contribution in [0.1, 0.15) is 44.1 Å². The number of hydrogen-bond acceptors (Lipinski definition) is 8. The van der Waals surface area contributed by atoms with Crippen LogP contribution in [0.25, 0.3) is 0 Å². The van der Waals surface area contributed by atoms with Gasteiger partial charge >= 0.3 is 6.16 Å². The number of aromatic nitrogens is 1. The summed E-state index contributed by atoms with van der Waals surface area (Å²) in [6, 6.07) is 17.6. The molecule has 8 heteroatoms. The van der Waals surface area contributed by atoms with Crippen molar-refractivity contribution in [2.75, 3.05) is 11.5 Å². The van der Waals surface area contributed by atoms with E-state index in [4.69, 9.17) is 20.9 Å². The van der Waals surface area contributed by atoms with E-state index in [2.05, 4.69) is 22.1 Å². The second-order valence-electron chi connectivity index (χ2n) is 8.29. The third kappa shape index (κ3) is 5.85. The van der Waals surface area contributed by atoms with Gasteiger partial charge in [-0.05, 0) is 66.6 Å². The molecule has 1 fully saturated rings. The molecule has 0 bridgehead atoms. The summed E-state index contributed by atoms with van der Waals surface area (Å²) in [4.78, 5) is 16.3. The molecule has 33 heavy (non-hydrogen) atoms. The van der Waals surface area contributed by atoms with E-state index < -0.39 is 6.16 Å². The van der Waals surface area contributed by atoms with Crippen molar-refractivity contribution in [3.8, 4) is 11.5 Å². The van der Waals surface area contributed by atoms with Crippen LogP contribution in [0.15, 0.2) is 70.9 Å². The molecule has 4 N–H and O–H groups in total. The molecule has 1 saturated carbocycles. The van der Waals surface area contributed by atoms with Crippen molar-refractivity contribution < 1.29 is 14.3 Å². The average molecular weight is 446 g/mol. The second kappa shape index (κ2) is 10.1. The van der Waals surface area contributed by atoms with Gasteiger partial charge in [-0.3, -0.25) is 0 Å². The molecule has 0 spiro atoms. The highest BCUT2D eigenvalue weighted by Crippen LogP contribution is 2.36. The fourth-order valence-electron chi connectivity index (χ4n) is 3.91. The second-order valence-corrected chi connectivity index (χ2v) is 8.29. The fourth-order valence-corrected chi connectivity index (χ4v) is 3.91. The van der Waals surface area contributed by atoms with E-state index in [-0.39, 0.29) is 11.6 Å². The van der Waals surface area contributed by atoms with Crippen molar-refractivity contribution in [1.29, 1.82) is 0 Å². The van der Waals surface area contributed by atoms with Gasteiger partial charge in [-0.15, -0.1) is 10.2 Å². The van der Waals surface area contributed by atoms with Crippen LogP contribution in [0, 0.1) is 5.92 Å². The largest absolute Gasteiger partial charge is 0.519 e. The number of benzene rings is 2. The summed E-state index contributed by atoms with van der Waals surface area (Å²) in [5.74, 6) is 2.46. The Balaban J connectivity index is 1.39. The van der Waals surface area contributed by atoms with E-state index >= 15 is 0 Å². The Bertz CT molecular complexity index is 1140. The number of carbonyl (C=O) groups excluding carboxylic acids is 1. The van der Waals surface area contributed by atoms with Crippen LogP contribution in [0.4, 0.5) is 27.8 Å². The van der Waals surface area contributed by atoms with Crippen LogP contribution in [-0.2, 0) is 0 Å². The minimum atomic E-state index is -0.856. The number of azo groups is 1. The molecule has 3 aromatic rings. The van der Waals surface area contributed by atoms with Gasteiger partial charge in [0.25, 0.3) is 0 Å². The number of hydrogen-bond donors (Lipinski definition) is 2. The zero-order valence-corrected chi connectivity index (χ0v) is 18.5. The van der Waals surface area contributed by atoms with E-state index in [0.29, 0.717) is 28.9 Å². The van der Waals surface area contributed by atoms with Gasteiger partial charge in [-0.1, -0.05) is 44.0 Å². The Morgan fingerprint density at radius 3 is 2.30 bits per heavy atom. The molecule has 0 saturated heterocycles. The van der Waals surface area contributed by atoms with Crippen LogP contribution in [-0.4, -0.2) is 11.1 Å². The first-order valence-corrected chi connectivity index (χ1v) is 11.0. The molecule has 1 aromatic heterocycles. The summed E-state index contributed by atoms with van der Waals surface area (Å²) in [5, 5.41) is 8.20. The molecule has 0 amide bonds. The van der Waals surface area contributed by atoms with Crippen LogP contribution in [0.3, 0.4) is 0 Å². The SMILES string of the molecule is CC1CCC(c2ccc(OC(=O)Oc3ccccc3N=Nc3ccc(N)nc3N)cc2)CC1. The lowest BCUT2D eigenvalue weighted by molar-refractivity contribution is 0.152. The number of nitrogens with zero attached hydrogens (tertiary/aromatic N) is 3. The van der Waals surface area contributed by atoms with Crippen molar-refractivity contribution >= 4 is 29.2 Å². The maximum atomic E-state index is 12.4. The van der Waals surface area contributed by atoms with Crippen LogP contribution in [0.2, 0.25) is 0 Å². The zero-order chi connectivity index (χ0) is 23.2. The molecule has 2 aromatic carbocycles. The summed E-state index contributed by atoms with van der Waals surface area (Å²) in [6.07, 6.45) is 4.06. The average Bonchev–Trinajstić information content (AvgIpc) is 2.80. The highest BCUT2D eigenvalue weighted by Gasteiger charge is 2.20. The smallest absolute Gasteiger partial charge is 0.395 e. The van der Waals surface area contributed by atoms with E-state index in [1.54, 1.807) is 48.5 Å². The quantitative estimate of drug-likeness (QED) is 0.261. The van der Waals surface area contributed by atoms with E-state index in [1.165, 1.54) is 31.2 Å². The predicted molar refractivity (Wildman–Crippen MR) is 127 cm³/mol. The van der Waals surface area contributed by atoms with E-state index in [1.807, 2.05) is 12.1 Å². The lowest BCUT2D eigenvalue weighted by Gasteiger charge is -2.26. The van der Waals surface area contributed by atoms with Crippen LogP contribution < -0.4 is 20.9 Å². The fraction of sp³-hybridized carbons (Fsp3) is 0.280. The molecule has 1 aliphatic rings. The molecule has 0 atom stereocenters. The lowest BCUT2D eigenvalue weighted by atomic mass is 9.79. The van der Waals surface area contributed by atoms with Crippen molar-refractivity contribution in [3.05, 3.63) is 66.2 Å². The minimum Gasteiger partial charge on any atom is -0.395 e. The number of nitrogens with two attached hydrogens (primary N) is 2. The monoisotopic (exact) mass is 445 g/mol. The Hall–Kier alpha value is -3.94. The number of pyridine rings is 1. The van der Waals surface area contributed by atoms with Gasteiger partial charge in [-0.2, -0.15) is 0 Å². The molecule has 4 rings (SSSR count). The van der Waals surface area contributed by atoms with Crippen LogP contribution in [0.5, 0.6) is 11.5 Å². The van der Waals surface area contributed by atoms with Gasteiger partial charge in [0.05, 0.1) is 0 Å². The highest BCUT2D eigenvalue weighted by atomic mass is 16.7. The number of nitrogen functional groups attached to an aromatic ring is 2. The normalized spacial score (nSPS) is 18.2. The third-order valence-electron chi connectivity index (χ3n) is 5.82. The first-order valence-electron chi connectivity index (χ1n) is 11.0. The third-order valence-corrected chi connectivity index (χ3v) is 5.82. The van der Waals surface area contributed by atoms with Gasteiger partial charge in [-0.25, -0.2) is 9.78 Å². The van der Waals surface area contributed by atoms with Gasteiger partial charge in [0.2, 0.25) is 0 Å². The molecule has 0 unspecified atom stereocenters. The zero-order valence-electron chi connectivity index (χ0n) is 18.5. The van der Waals surface area contributed by atoms with Crippen LogP contribution >= 0.6 is 0 Å². The summed E-state index contributed by atoms with van der Waals surface area (Å²) in [7, 11) is 0. The standard InChI is InChI=1S/C25H27N5O3/c1-16-6-8-17(9-7-16)18-10-12-19(13-11-18)32-25(31)33-22-5-3-2-4-20(22)29-30-21-14-15-23(26)28-24(21)27/h2-5,10-17H,6-9H2,1H3,(H4,26,27,28). The number of ether oxygens (including phenoxy) is 2. The predicted octanol–water partition coefficient (Wildman–Crippen LogP) is 6.53. The Kier molecular flexibility index (Phi) is 6.83. The van der Waals surface area contributed by atoms with Gasteiger partial charge in [0, 0.05) is 0 Å². The molecule has 170 valence electrons. The number of rotatable bonds is 5. The molecular weight excluding hydrogens is 418 g/mol. The Morgan fingerprint density at radius 1 is 0.879 bits per heavy atom. The Labute approximate surface area is 192 Å². The van der Waals surface area contributed by atoms with E-state index in [9.17, 15) is 4.79 Å². The number of para-hydroxylation sites is 1. The molecule has 0 radical (unpaired) electrons. The van der Waals surface area contributed by atoms with Crippen molar-refractivity contribution in [1.82, 2.24) is 4.98 Å². The minimum absolute atomic E-state index is 0.155. The topological polar surface area (TPSA) is 125 Å². The lowest BCUT2D eigenvalue weighted by Crippen LogP contribution is -2.14.